The van der Waals surface area contributed by atoms with Crippen LogP contribution in [-0.4, -0.2) is 32.1 Å². The van der Waals surface area contributed by atoms with Crippen molar-refractivity contribution < 1.29 is 4.74 Å². The number of methoxy groups -OCH3 is 1. The summed E-state index contributed by atoms with van der Waals surface area (Å²) in [5.41, 5.74) is 1.24. The standard InChI is InChI=1S/C12H16N2O/c1-14(9-7-13)8-6-11-4-3-5-12(10-11)15-2/h3-5,10H,6,8-9H2,1-2H3. The average molecular weight is 204 g/mol. The molecule has 0 aliphatic heterocycles. The molecule has 0 spiro atoms. The Morgan fingerprint density at radius 1 is 1.47 bits per heavy atom. The van der Waals surface area contributed by atoms with E-state index in [1.165, 1.54) is 5.56 Å². The fraction of sp³-hybridized carbons (Fsp3) is 0.417. The van der Waals surface area contributed by atoms with E-state index in [0.717, 1.165) is 18.7 Å². The van der Waals surface area contributed by atoms with E-state index in [1.54, 1.807) is 7.11 Å². The monoisotopic (exact) mass is 204 g/mol. The molecule has 0 unspecified atom stereocenters. The summed E-state index contributed by atoms with van der Waals surface area (Å²) in [6, 6.07) is 10.1. The van der Waals surface area contributed by atoms with Gasteiger partial charge in [0.05, 0.1) is 19.7 Å². The Morgan fingerprint density at radius 3 is 2.93 bits per heavy atom. The van der Waals surface area contributed by atoms with Crippen LogP contribution in [0.4, 0.5) is 0 Å². The maximum Gasteiger partial charge on any atom is 0.119 e. The Balaban J connectivity index is 2.47. The zero-order valence-corrected chi connectivity index (χ0v) is 9.23. The molecule has 1 aromatic carbocycles. The fourth-order valence-corrected chi connectivity index (χ4v) is 1.35. The van der Waals surface area contributed by atoms with Gasteiger partial charge in [-0.25, -0.2) is 0 Å². The number of ether oxygens (including phenoxy) is 1. The molecule has 0 amide bonds. The van der Waals surface area contributed by atoms with Crippen LogP contribution >= 0.6 is 0 Å². The molecule has 0 heterocycles. The van der Waals surface area contributed by atoms with Gasteiger partial charge in [0.25, 0.3) is 0 Å². The highest BCUT2D eigenvalue weighted by atomic mass is 16.5. The Hall–Kier alpha value is -1.53. The maximum absolute atomic E-state index is 8.50. The van der Waals surface area contributed by atoms with Crippen molar-refractivity contribution in [2.24, 2.45) is 0 Å². The summed E-state index contributed by atoms with van der Waals surface area (Å²) in [5.74, 6) is 0.885. The van der Waals surface area contributed by atoms with Crippen molar-refractivity contribution in [2.75, 3.05) is 27.2 Å². The van der Waals surface area contributed by atoms with Crippen LogP contribution in [0.5, 0.6) is 5.75 Å². The van der Waals surface area contributed by atoms with E-state index in [4.69, 9.17) is 10.00 Å². The van der Waals surface area contributed by atoms with Crippen LogP contribution in [-0.2, 0) is 6.42 Å². The van der Waals surface area contributed by atoms with E-state index < -0.39 is 0 Å². The largest absolute Gasteiger partial charge is 0.497 e. The first-order chi connectivity index (χ1) is 7.26. The van der Waals surface area contributed by atoms with E-state index in [-0.39, 0.29) is 0 Å². The molecule has 0 saturated carbocycles. The van der Waals surface area contributed by atoms with Crippen LogP contribution in [0, 0.1) is 11.3 Å². The van der Waals surface area contributed by atoms with Crippen LogP contribution in [0.2, 0.25) is 0 Å². The number of rotatable bonds is 5. The zero-order chi connectivity index (χ0) is 11.1. The third-order valence-corrected chi connectivity index (χ3v) is 2.26. The van der Waals surface area contributed by atoms with Gasteiger partial charge in [0.1, 0.15) is 5.75 Å². The topological polar surface area (TPSA) is 36.3 Å². The van der Waals surface area contributed by atoms with E-state index in [2.05, 4.69) is 12.1 Å². The molecule has 0 saturated heterocycles. The summed E-state index contributed by atoms with van der Waals surface area (Å²) in [4.78, 5) is 2.00. The molecule has 1 rings (SSSR count). The molecule has 0 aromatic heterocycles. The summed E-state index contributed by atoms with van der Waals surface area (Å²) in [6.07, 6.45) is 0.940. The van der Waals surface area contributed by atoms with E-state index in [0.29, 0.717) is 6.54 Å². The minimum Gasteiger partial charge on any atom is -0.497 e. The van der Waals surface area contributed by atoms with Crippen LogP contribution in [0.1, 0.15) is 5.56 Å². The molecular weight excluding hydrogens is 188 g/mol. The van der Waals surface area contributed by atoms with Crippen molar-refractivity contribution in [1.29, 1.82) is 5.26 Å². The van der Waals surface area contributed by atoms with Crippen molar-refractivity contribution in [3.8, 4) is 11.8 Å². The van der Waals surface area contributed by atoms with Gasteiger partial charge >= 0.3 is 0 Å². The minimum absolute atomic E-state index is 0.476. The lowest BCUT2D eigenvalue weighted by Gasteiger charge is -2.12. The molecule has 0 N–H and O–H groups in total. The Labute approximate surface area is 90.9 Å². The first-order valence-corrected chi connectivity index (χ1v) is 4.94. The average Bonchev–Trinajstić information content (AvgIpc) is 2.27. The van der Waals surface area contributed by atoms with Gasteiger partial charge in [-0.05, 0) is 31.2 Å². The van der Waals surface area contributed by atoms with Gasteiger partial charge < -0.3 is 4.74 Å². The molecule has 1 aromatic rings. The lowest BCUT2D eigenvalue weighted by Crippen LogP contribution is -2.21. The van der Waals surface area contributed by atoms with Crippen LogP contribution < -0.4 is 4.74 Å². The Morgan fingerprint density at radius 2 is 2.27 bits per heavy atom. The van der Waals surface area contributed by atoms with Crippen molar-refractivity contribution in [3.05, 3.63) is 29.8 Å². The van der Waals surface area contributed by atoms with E-state index in [9.17, 15) is 0 Å². The van der Waals surface area contributed by atoms with Gasteiger partial charge in [-0.3, -0.25) is 4.90 Å². The number of benzene rings is 1. The highest BCUT2D eigenvalue weighted by molar-refractivity contribution is 5.28. The van der Waals surface area contributed by atoms with Crippen molar-refractivity contribution >= 4 is 0 Å². The molecular formula is C12H16N2O. The predicted molar refractivity (Wildman–Crippen MR) is 59.8 cm³/mol. The zero-order valence-electron chi connectivity index (χ0n) is 9.23. The molecule has 3 nitrogen and oxygen atoms in total. The number of hydrogen-bond donors (Lipinski definition) is 0. The molecule has 0 aliphatic rings. The SMILES string of the molecule is COc1cccc(CCN(C)CC#N)c1. The summed E-state index contributed by atoms with van der Waals surface area (Å²) >= 11 is 0. The molecule has 0 bridgehead atoms. The van der Waals surface area contributed by atoms with Gasteiger partial charge in [-0.1, -0.05) is 12.1 Å². The molecule has 80 valence electrons. The Bertz CT molecular complexity index is 344. The highest BCUT2D eigenvalue weighted by Crippen LogP contribution is 2.12. The number of hydrogen-bond acceptors (Lipinski definition) is 3. The first kappa shape index (κ1) is 11.5. The van der Waals surface area contributed by atoms with Gasteiger partial charge in [0, 0.05) is 6.54 Å². The molecule has 0 fully saturated rings. The second-order valence-corrected chi connectivity index (χ2v) is 3.50. The summed E-state index contributed by atoms with van der Waals surface area (Å²) in [5, 5.41) is 8.50. The quantitative estimate of drug-likeness (QED) is 0.685. The summed E-state index contributed by atoms with van der Waals surface area (Å²) in [6.45, 7) is 1.37. The molecule has 0 radical (unpaired) electrons. The summed E-state index contributed by atoms with van der Waals surface area (Å²) in [7, 11) is 3.62. The highest BCUT2D eigenvalue weighted by Gasteiger charge is 1.99. The number of likely N-dealkylation sites (N-methyl/N-ethyl adjacent to an activating group) is 1. The fourth-order valence-electron chi connectivity index (χ4n) is 1.35. The lowest BCUT2D eigenvalue weighted by molar-refractivity contribution is 0.378. The lowest BCUT2D eigenvalue weighted by atomic mass is 10.1. The first-order valence-electron chi connectivity index (χ1n) is 4.94. The second-order valence-electron chi connectivity index (χ2n) is 3.50. The Kier molecular flexibility index (Phi) is 4.65. The van der Waals surface area contributed by atoms with Gasteiger partial charge in [0.2, 0.25) is 0 Å². The van der Waals surface area contributed by atoms with Gasteiger partial charge in [-0.15, -0.1) is 0 Å². The molecule has 0 aliphatic carbocycles. The van der Waals surface area contributed by atoms with E-state index in [1.807, 2.05) is 30.1 Å². The van der Waals surface area contributed by atoms with Crippen LogP contribution in [0.3, 0.4) is 0 Å². The van der Waals surface area contributed by atoms with Crippen molar-refractivity contribution in [1.82, 2.24) is 4.90 Å². The second kappa shape index (κ2) is 6.05. The third-order valence-electron chi connectivity index (χ3n) is 2.26. The maximum atomic E-state index is 8.50. The normalized spacial score (nSPS) is 10.0. The van der Waals surface area contributed by atoms with E-state index >= 15 is 0 Å². The number of nitrogens with zero attached hydrogens (tertiary/aromatic N) is 2. The van der Waals surface area contributed by atoms with Crippen molar-refractivity contribution in [3.63, 3.8) is 0 Å². The molecule has 15 heavy (non-hydrogen) atoms. The minimum atomic E-state index is 0.476. The van der Waals surface area contributed by atoms with Crippen LogP contribution in [0.25, 0.3) is 0 Å². The van der Waals surface area contributed by atoms with Gasteiger partial charge in [-0.2, -0.15) is 5.26 Å². The smallest absolute Gasteiger partial charge is 0.119 e. The molecule has 3 heteroatoms. The number of nitriles is 1. The predicted octanol–water partition coefficient (Wildman–Crippen LogP) is 1.69. The third kappa shape index (κ3) is 4.01. The summed E-state index contributed by atoms with van der Waals surface area (Å²) < 4.78 is 5.14. The van der Waals surface area contributed by atoms with Crippen LogP contribution in [0.15, 0.2) is 24.3 Å². The van der Waals surface area contributed by atoms with Gasteiger partial charge in [0.15, 0.2) is 0 Å². The molecule has 0 atom stereocenters. The van der Waals surface area contributed by atoms with Crippen molar-refractivity contribution in [2.45, 2.75) is 6.42 Å².